The summed E-state index contributed by atoms with van der Waals surface area (Å²) in [7, 11) is 1.79. The zero-order chi connectivity index (χ0) is 11.5. The number of nitrogens with one attached hydrogen (secondary N) is 1. The minimum Gasteiger partial charge on any atom is -0.344 e. The van der Waals surface area contributed by atoms with Gasteiger partial charge in [0.2, 0.25) is 5.91 Å². The summed E-state index contributed by atoms with van der Waals surface area (Å²) in [6, 6.07) is 0.261. The fraction of sp³-hybridized carbons (Fsp3) is 0.818. The van der Waals surface area contributed by atoms with Gasteiger partial charge in [-0.15, -0.1) is 0 Å². The maximum atomic E-state index is 11.9. The lowest BCUT2D eigenvalue weighted by Gasteiger charge is -2.29. The lowest BCUT2D eigenvalue weighted by atomic mass is 9.93. The van der Waals surface area contributed by atoms with Gasteiger partial charge in [-0.05, 0) is 25.7 Å². The van der Waals surface area contributed by atoms with Crippen molar-refractivity contribution in [1.29, 1.82) is 0 Å². The molecule has 1 heterocycles. The Bertz CT molecular complexity index is 289. The highest BCUT2D eigenvalue weighted by molar-refractivity contribution is 5.84. The number of hydrogen-bond donors (Lipinski definition) is 1. The molecule has 1 N–H and O–H groups in total. The molecule has 2 fully saturated rings. The summed E-state index contributed by atoms with van der Waals surface area (Å²) in [4.78, 5) is 26.8. The lowest BCUT2D eigenvalue weighted by molar-refractivity contribution is -0.129. The third-order valence-corrected chi connectivity index (χ3v) is 3.39. The highest BCUT2D eigenvalue weighted by Crippen LogP contribution is 2.18. The van der Waals surface area contributed by atoms with Crippen LogP contribution in [0.15, 0.2) is 0 Å². The summed E-state index contributed by atoms with van der Waals surface area (Å²) < 4.78 is 0. The first kappa shape index (κ1) is 11.2. The number of amides is 3. The number of nitrogens with zero attached hydrogens (tertiary/aromatic N) is 2. The van der Waals surface area contributed by atoms with Gasteiger partial charge in [0.05, 0.1) is 0 Å². The largest absolute Gasteiger partial charge is 0.344 e. The number of carbonyl (C=O) groups is 2. The number of likely N-dealkylation sites (N-methyl/N-ethyl adjacent to an activating group) is 1. The van der Waals surface area contributed by atoms with Crippen LogP contribution in [0.1, 0.15) is 25.7 Å². The van der Waals surface area contributed by atoms with E-state index in [2.05, 4.69) is 5.32 Å². The second-order valence-electron chi connectivity index (χ2n) is 4.67. The van der Waals surface area contributed by atoms with Crippen LogP contribution in [0.2, 0.25) is 0 Å². The maximum Gasteiger partial charge on any atom is 0.318 e. The maximum absolute atomic E-state index is 11.9. The number of carbonyl (C=O) groups excluding carboxylic acids is 2. The summed E-state index contributed by atoms with van der Waals surface area (Å²) in [5.74, 6) is 0.0289. The lowest BCUT2D eigenvalue weighted by Crippen LogP contribution is -2.49. The van der Waals surface area contributed by atoms with E-state index in [9.17, 15) is 9.59 Å². The highest BCUT2D eigenvalue weighted by Gasteiger charge is 2.26. The van der Waals surface area contributed by atoms with Crippen LogP contribution in [-0.4, -0.2) is 54.5 Å². The predicted molar refractivity (Wildman–Crippen MR) is 60.0 cm³/mol. The number of rotatable bonds is 1. The fourth-order valence-electron chi connectivity index (χ4n) is 1.98. The van der Waals surface area contributed by atoms with Crippen LogP contribution in [0.3, 0.4) is 0 Å². The van der Waals surface area contributed by atoms with Gasteiger partial charge in [-0.25, -0.2) is 4.79 Å². The minimum absolute atomic E-state index is 0.0289. The van der Waals surface area contributed by atoms with Crippen molar-refractivity contribution in [3.8, 4) is 0 Å². The van der Waals surface area contributed by atoms with Crippen LogP contribution in [0.5, 0.6) is 0 Å². The molecule has 5 nitrogen and oxygen atoms in total. The van der Waals surface area contributed by atoms with Crippen molar-refractivity contribution >= 4 is 11.9 Å². The van der Waals surface area contributed by atoms with E-state index in [1.54, 1.807) is 16.8 Å². The highest BCUT2D eigenvalue weighted by atomic mass is 16.2. The molecule has 0 aromatic rings. The van der Waals surface area contributed by atoms with Crippen LogP contribution in [-0.2, 0) is 4.79 Å². The Kier molecular flexibility index (Phi) is 3.31. The molecule has 0 atom stereocenters. The molecule has 0 spiro atoms. The van der Waals surface area contributed by atoms with E-state index >= 15 is 0 Å². The van der Waals surface area contributed by atoms with Gasteiger partial charge in [-0.3, -0.25) is 4.79 Å². The van der Waals surface area contributed by atoms with Gasteiger partial charge >= 0.3 is 6.03 Å². The zero-order valence-electron chi connectivity index (χ0n) is 9.74. The molecule has 2 aliphatic rings. The fourth-order valence-corrected chi connectivity index (χ4v) is 1.98. The molecule has 90 valence electrons. The van der Waals surface area contributed by atoms with Crippen LogP contribution in [0, 0.1) is 0 Å². The standard InChI is InChI=1S/C11H19N3O2/c1-13-6-3-7-14(8-10(13)15)11(16)12-9-4-2-5-9/h9H,2-8H2,1H3,(H,12,16). The molecule has 1 aliphatic carbocycles. The molecule has 0 radical (unpaired) electrons. The third-order valence-electron chi connectivity index (χ3n) is 3.39. The Morgan fingerprint density at radius 1 is 1.31 bits per heavy atom. The molecule has 0 aromatic carbocycles. The Hall–Kier alpha value is -1.26. The molecule has 1 saturated heterocycles. The summed E-state index contributed by atoms with van der Waals surface area (Å²) in [6.07, 6.45) is 4.22. The van der Waals surface area contributed by atoms with Gasteiger partial charge in [0.1, 0.15) is 6.54 Å². The molecule has 2 rings (SSSR count). The van der Waals surface area contributed by atoms with E-state index in [-0.39, 0.29) is 18.5 Å². The normalized spacial score (nSPS) is 22.7. The quantitative estimate of drug-likeness (QED) is 0.703. The monoisotopic (exact) mass is 225 g/mol. The number of urea groups is 1. The zero-order valence-corrected chi connectivity index (χ0v) is 9.74. The summed E-state index contributed by atoms with van der Waals surface area (Å²) in [5, 5.41) is 2.97. The summed E-state index contributed by atoms with van der Waals surface area (Å²) in [6.45, 7) is 1.63. The van der Waals surface area contributed by atoms with Gasteiger partial charge in [0.15, 0.2) is 0 Å². The molecular weight excluding hydrogens is 206 g/mol. The van der Waals surface area contributed by atoms with Crippen molar-refractivity contribution in [2.45, 2.75) is 31.7 Å². The van der Waals surface area contributed by atoms with Crippen molar-refractivity contribution in [3.05, 3.63) is 0 Å². The average Bonchev–Trinajstić information content (AvgIpc) is 2.35. The Morgan fingerprint density at radius 2 is 2.06 bits per heavy atom. The molecule has 0 bridgehead atoms. The van der Waals surface area contributed by atoms with E-state index < -0.39 is 0 Å². The summed E-state index contributed by atoms with van der Waals surface area (Å²) >= 11 is 0. The average molecular weight is 225 g/mol. The molecule has 5 heteroatoms. The first-order chi connectivity index (χ1) is 7.66. The van der Waals surface area contributed by atoms with Gasteiger partial charge in [0.25, 0.3) is 0 Å². The minimum atomic E-state index is -0.0756. The van der Waals surface area contributed by atoms with E-state index in [4.69, 9.17) is 0 Å². The predicted octanol–water partition coefficient (Wildman–Crippen LogP) is 0.413. The van der Waals surface area contributed by atoms with Crippen molar-refractivity contribution in [2.75, 3.05) is 26.7 Å². The summed E-state index contributed by atoms with van der Waals surface area (Å²) in [5.41, 5.74) is 0. The van der Waals surface area contributed by atoms with E-state index in [0.29, 0.717) is 12.6 Å². The first-order valence-electron chi connectivity index (χ1n) is 5.96. The van der Waals surface area contributed by atoms with E-state index in [1.807, 2.05) is 0 Å². The Balaban J connectivity index is 1.87. The smallest absolute Gasteiger partial charge is 0.318 e. The molecule has 1 saturated carbocycles. The van der Waals surface area contributed by atoms with Crippen LogP contribution >= 0.6 is 0 Å². The SMILES string of the molecule is CN1CCCN(C(=O)NC2CCC2)CC1=O. The van der Waals surface area contributed by atoms with Crippen molar-refractivity contribution in [2.24, 2.45) is 0 Å². The van der Waals surface area contributed by atoms with Gasteiger partial charge in [0, 0.05) is 26.2 Å². The van der Waals surface area contributed by atoms with Crippen molar-refractivity contribution in [3.63, 3.8) is 0 Å². The van der Waals surface area contributed by atoms with Crippen molar-refractivity contribution < 1.29 is 9.59 Å². The number of hydrogen-bond acceptors (Lipinski definition) is 2. The van der Waals surface area contributed by atoms with Crippen molar-refractivity contribution in [1.82, 2.24) is 15.1 Å². The Labute approximate surface area is 95.8 Å². The second kappa shape index (κ2) is 4.72. The van der Waals surface area contributed by atoms with Gasteiger partial charge in [-0.1, -0.05) is 0 Å². The van der Waals surface area contributed by atoms with Crippen LogP contribution in [0.25, 0.3) is 0 Å². The third kappa shape index (κ3) is 2.46. The second-order valence-corrected chi connectivity index (χ2v) is 4.67. The molecule has 1 aliphatic heterocycles. The molecular formula is C11H19N3O2. The van der Waals surface area contributed by atoms with Gasteiger partial charge < -0.3 is 15.1 Å². The molecule has 0 unspecified atom stereocenters. The van der Waals surface area contributed by atoms with Crippen LogP contribution in [0.4, 0.5) is 4.79 Å². The van der Waals surface area contributed by atoms with E-state index in [1.165, 1.54) is 6.42 Å². The molecule has 3 amide bonds. The molecule has 16 heavy (non-hydrogen) atoms. The molecule has 0 aromatic heterocycles. The van der Waals surface area contributed by atoms with Gasteiger partial charge in [-0.2, -0.15) is 0 Å². The van der Waals surface area contributed by atoms with Crippen LogP contribution < -0.4 is 5.32 Å². The topological polar surface area (TPSA) is 52.6 Å². The van der Waals surface area contributed by atoms with E-state index in [0.717, 1.165) is 25.8 Å². The Morgan fingerprint density at radius 3 is 2.69 bits per heavy atom. The first-order valence-corrected chi connectivity index (χ1v) is 5.96.